The summed E-state index contributed by atoms with van der Waals surface area (Å²) in [6.45, 7) is 5.56. The van der Waals surface area contributed by atoms with Gasteiger partial charge in [0.1, 0.15) is 0 Å². The Bertz CT molecular complexity index is 538. The van der Waals surface area contributed by atoms with Crippen LogP contribution in [0.15, 0.2) is 24.3 Å². The van der Waals surface area contributed by atoms with E-state index in [0.29, 0.717) is 5.02 Å². The molecule has 2 atom stereocenters. The van der Waals surface area contributed by atoms with Gasteiger partial charge >= 0.3 is 0 Å². The van der Waals surface area contributed by atoms with E-state index in [1.54, 1.807) is 18.0 Å². The lowest BCUT2D eigenvalue weighted by Gasteiger charge is -2.26. The number of amides is 2. The third-order valence-electron chi connectivity index (χ3n) is 3.74. The highest BCUT2D eigenvalue weighted by atomic mass is 35.5. The summed E-state index contributed by atoms with van der Waals surface area (Å²) in [5, 5.41) is 3.21. The molecule has 130 valence electrons. The molecule has 0 aliphatic carbocycles. The van der Waals surface area contributed by atoms with E-state index >= 15 is 0 Å². The van der Waals surface area contributed by atoms with Crippen LogP contribution in [-0.2, 0) is 9.59 Å². The zero-order valence-corrected chi connectivity index (χ0v) is 15.4. The summed E-state index contributed by atoms with van der Waals surface area (Å²) in [5.41, 5.74) is 6.68. The SMILES string of the molecule is CC(C)[C@H](N)C(=O)NCC(=O)N(C)C(C)c1cccc(Cl)c1.Cl. The molecule has 0 aliphatic rings. The molecule has 0 aromatic heterocycles. The van der Waals surface area contributed by atoms with Gasteiger partial charge in [-0.05, 0) is 30.5 Å². The summed E-state index contributed by atoms with van der Waals surface area (Å²) in [4.78, 5) is 25.5. The summed E-state index contributed by atoms with van der Waals surface area (Å²) < 4.78 is 0. The first-order valence-electron chi connectivity index (χ1n) is 7.28. The van der Waals surface area contributed by atoms with E-state index in [-0.39, 0.29) is 42.7 Å². The predicted molar refractivity (Wildman–Crippen MR) is 95.7 cm³/mol. The van der Waals surface area contributed by atoms with Gasteiger partial charge in [0.15, 0.2) is 0 Å². The van der Waals surface area contributed by atoms with E-state index in [2.05, 4.69) is 5.32 Å². The van der Waals surface area contributed by atoms with Crippen molar-refractivity contribution in [3.8, 4) is 0 Å². The van der Waals surface area contributed by atoms with Crippen LogP contribution in [-0.4, -0.2) is 36.3 Å². The molecular formula is C16H25Cl2N3O2. The van der Waals surface area contributed by atoms with Gasteiger partial charge in [-0.2, -0.15) is 0 Å². The second kappa shape index (κ2) is 9.75. The summed E-state index contributed by atoms with van der Waals surface area (Å²) in [6, 6.07) is 6.62. The van der Waals surface area contributed by atoms with Crippen molar-refractivity contribution in [2.24, 2.45) is 11.7 Å². The summed E-state index contributed by atoms with van der Waals surface area (Å²) in [5.74, 6) is -0.470. The normalized spacial score (nSPS) is 13.0. The Morgan fingerprint density at radius 1 is 1.30 bits per heavy atom. The number of halogens is 2. The lowest BCUT2D eigenvalue weighted by molar-refractivity contribution is -0.133. The van der Waals surface area contributed by atoms with Crippen LogP contribution in [0.5, 0.6) is 0 Å². The Hall–Kier alpha value is -1.30. The molecule has 0 heterocycles. The fraction of sp³-hybridized carbons (Fsp3) is 0.500. The Labute approximate surface area is 149 Å². The van der Waals surface area contributed by atoms with E-state index in [1.807, 2.05) is 39.0 Å². The average molecular weight is 362 g/mol. The zero-order valence-electron chi connectivity index (χ0n) is 13.9. The first-order valence-corrected chi connectivity index (χ1v) is 7.66. The van der Waals surface area contributed by atoms with Crippen LogP contribution in [0, 0.1) is 5.92 Å². The Morgan fingerprint density at radius 3 is 2.43 bits per heavy atom. The fourth-order valence-electron chi connectivity index (χ4n) is 1.91. The minimum atomic E-state index is -0.608. The number of nitrogens with one attached hydrogen (secondary N) is 1. The largest absolute Gasteiger partial charge is 0.346 e. The van der Waals surface area contributed by atoms with E-state index in [0.717, 1.165) is 5.56 Å². The van der Waals surface area contributed by atoms with Crippen LogP contribution in [0.2, 0.25) is 5.02 Å². The molecule has 3 N–H and O–H groups in total. The molecule has 0 aliphatic heterocycles. The minimum absolute atomic E-state index is 0. The van der Waals surface area contributed by atoms with E-state index in [9.17, 15) is 9.59 Å². The van der Waals surface area contributed by atoms with E-state index in [4.69, 9.17) is 17.3 Å². The minimum Gasteiger partial charge on any atom is -0.346 e. The van der Waals surface area contributed by atoms with Crippen molar-refractivity contribution < 1.29 is 9.59 Å². The molecule has 7 heteroatoms. The molecule has 0 spiro atoms. The molecule has 5 nitrogen and oxygen atoms in total. The van der Waals surface area contributed by atoms with Crippen LogP contribution >= 0.6 is 24.0 Å². The maximum atomic E-state index is 12.2. The van der Waals surface area contributed by atoms with Gasteiger partial charge in [0.05, 0.1) is 18.6 Å². The van der Waals surface area contributed by atoms with Crippen LogP contribution in [0.25, 0.3) is 0 Å². The molecule has 0 bridgehead atoms. The molecular weight excluding hydrogens is 337 g/mol. The van der Waals surface area contributed by atoms with Crippen molar-refractivity contribution in [3.63, 3.8) is 0 Å². The van der Waals surface area contributed by atoms with Crippen molar-refractivity contribution in [2.75, 3.05) is 13.6 Å². The average Bonchev–Trinajstić information content (AvgIpc) is 2.49. The van der Waals surface area contributed by atoms with E-state index < -0.39 is 6.04 Å². The number of carbonyl (C=O) groups is 2. The van der Waals surface area contributed by atoms with Gasteiger partial charge in [-0.15, -0.1) is 12.4 Å². The van der Waals surface area contributed by atoms with Crippen LogP contribution in [0.1, 0.15) is 32.4 Å². The Balaban J connectivity index is 0.00000484. The van der Waals surface area contributed by atoms with Crippen LogP contribution < -0.4 is 11.1 Å². The van der Waals surface area contributed by atoms with Gasteiger partial charge in [0.2, 0.25) is 11.8 Å². The molecule has 1 aromatic carbocycles. The van der Waals surface area contributed by atoms with Gasteiger partial charge in [-0.25, -0.2) is 0 Å². The summed E-state index contributed by atoms with van der Waals surface area (Å²) >= 11 is 5.97. The van der Waals surface area contributed by atoms with Gasteiger partial charge in [0, 0.05) is 12.1 Å². The van der Waals surface area contributed by atoms with Gasteiger partial charge in [-0.1, -0.05) is 37.6 Å². The number of hydrogen-bond acceptors (Lipinski definition) is 3. The second-order valence-electron chi connectivity index (χ2n) is 5.72. The number of benzene rings is 1. The Morgan fingerprint density at radius 2 is 1.91 bits per heavy atom. The fourth-order valence-corrected chi connectivity index (χ4v) is 2.11. The molecule has 1 rings (SSSR count). The first kappa shape index (κ1) is 21.7. The number of rotatable bonds is 6. The monoisotopic (exact) mass is 361 g/mol. The standard InChI is InChI=1S/C16H24ClN3O2.ClH/c1-10(2)15(18)16(22)19-9-14(21)20(4)11(3)12-6-5-7-13(17)8-12;/h5-8,10-11,15H,9,18H2,1-4H3,(H,19,22);1H/t11?,15-;/m0./s1. The first-order chi connectivity index (χ1) is 10.2. The zero-order chi connectivity index (χ0) is 16.9. The quantitative estimate of drug-likeness (QED) is 0.816. The van der Waals surface area contributed by atoms with Crippen molar-refractivity contribution >= 4 is 35.8 Å². The number of nitrogens with two attached hydrogens (primary N) is 1. The highest BCUT2D eigenvalue weighted by Gasteiger charge is 2.21. The van der Waals surface area contributed by atoms with Gasteiger partial charge in [-0.3, -0.25) is 9.59 Å². The molecule has 2 amide bonds. The van der Waals surface area contributed by atoms with Gasteiger partial charge in [0.25, 0.3) is 0 Å². The smallest absolute Gasteiger partial charge is 0.242 e. The summed E-state index contributed by atoms with van der Waals surface area (Å²) in [7, 11) is 1.70. The third-order valence-corrected chi connectivity index (χ3v) is 3.98. The maximum absolute atomic E-state index is 12.2. The number of likely N-dealkylation sites (N-methyl/N-ethyl adjacent to an activating group) is 1. The van der Waals surface area contributed by atoms with Crippen molar-refractivity contribution in [3.05, 3.63) is 34.9 Å². The summed E-state index contributed by atoms with van der Waals surface area (Å²) in [6.07, 6.45) is 0. The maximum Gasteiger partial charge on any atom is 0.242 e. The van der Waals surface area contributed by atoms with Gasteiger partial charge < -0.3 is 16.0 Å². The Kier molecular flexibility index (Phi) is 9.20. The van der Waals surface area contributed by atoms with Crippen molar-refractivity contribution in [2.45, 2.75) is 32.9 Å². The molecule has 1 unspecified atom stereocenters. The molecule has 0 fully saturated rings. The molecule has 0 saturated carbocycles. The third kappa shape index (κ3) is 6.37. The number of carbonyl (C=O) groups excluding carboxylic acids is 2. The highest BCUT2D eigenvalue weighted by Crippen LogP contribution is 2.21. The van der Waals surface area contributed by atoms with E-state index in [1.165, 1.54) is 0 Å². The molecule has 0 radical (unpaired) electrons. The molecule has 23 heavy (non-hydrogen) atoms. The highest BCUT2D eigenvalue weighted by molar-refractivity contribution is 6.30. The topological polar surface area (TPSA) is 75.4 Å². The second-order valence-corrected chi connectivity index (χ2v) is 6.16. The van der Waals surface area contributed by atoms with Crippen LogP contribution in [0.4, 0.5) is 0 Å². The molecule has 1 aromatic rings. The molecule has 0 saturated heterocycles. The lowest BCUT2D eigenvalue weighted by atomic mass is 10.1. The van der Waals surface area contributed by atoms with Crippen molar-refractivity contribution in [1.82, 2.24) is 10.2 Å². The predicted octanol–water partition coefficient (Wildman–Crippen LogP) is 2.38. The van der Waals surface area contributed by atoms with Crippen LogP contribution in [0.3, 0.4) is 0 Å². The lowest BCUT2D eigenvalue weighted by Crippen LogP contribution is -2.47. The van der Waals surface area contributed by atoms with Crippen molar-refractivity contribution in [1.29, 1.82) is 0 Å². The number of nitrogens with zero attached hydrogens (tertiary/aromatic N) is 1. The number of hydrogen-bond donors (Lipinski definition) is 2.